The summed E-state index contributed by atoms with van der Waals surface area (Å²) >= 11 is 0. The maximum atomic E-state index is 6.56. The molecule has 0 aliphatic carbocycles. The number of hydrogen-bond donors (Lipinski definition) is 1. The van der Waals surface area contributed by atoms with Crippen molar-refractivity contribution in [3.63, 3.8) is 0 Å². The van der Waals surface area contributed by atoms with Crippen molar-refractivity contribution in [3.8, 4) is 0 Å². The molecule has 1 fully saturated rings. The SMILES string of the molecule is Cl.N=C=NCCN1CCOCC1. The Morgan fingerprint density at radius 3 is 2.67 bits per heavy atom. The summed E-state index contributed by atoms with van der Waals surface area (Å²) in [7, 11) is 0. The average molecular weight is 192 g/mol. The first kappa shape index (κ1) is 11.6. The lowest BCUT2D eigenvalue weighted by molar-refractivity contribution is 0.0395. The van der Waals surface area contributed by atoms with Crippen LogP contribution in [0.3, 0.4) is 0 Å². The first-order chi connectivity index (χ1) is 5.43. The van der Waals surface area contributed by atoms with Crippen LogP contribution in [0.25, 0.3) is 0 Å². The second-order valence-electron chi connectivity index (χ2n) is 2.45. The van der Waals surface area contributed by atoms with Gasteiger partial charge in [-0.2, -0.15) is 0 Å². The molecule has 0 aromatic rings. The fraction of sp³-hybridized carbons (Fsp3) is 0.857. The first-order valence-corrected chi connectivity index (χ1v) is 3.82. The third-order valence-electron chi connectivity index (χ3n) is 1.71. The molecule has 0 aromatic heterocycles. The molecular formula is C7H14ClN3O. The number of hydrogen-bond acceptors (Lipinski definition) is 4. The molecule has 0 radical (unpaired) electrons. The summed E-state index contributed by atoms with van der Waals surface area (Å²) in [4.78, 5) is 5.98. The van der Waals surface area contributed by atoms with Gasteiger partial charge in [0.05, 0.1) is 25.8 Å². The summed E-state index contributed by atoms with van der Waals surface area (Å²) in [6.45, 7) is 5.25. The second kappa shape index (κ2) is 7.25. The Hall–Kier alpha value is -0.410. The molecular weight excluding hydrogens is 178 g/mol. The maximum Gasteiger partial charge on any atom is 0.0862 e. The van der Waals surface area contributed by atoms with Gasteiger partial charge in [0.25, 0.3) is 0 Å². The Morgan fingerprint density at radius 1 is 1.42 bits per heavy atom. The monoisotopic (exact) mass is 191 g/mol. The molecule has 70 valence electrons. The quantitative estimate of drug-likeness (QED) is 0.661. The van der Waals surface area contributed by atoms with E-state index >= 15 is 0 Å². The third kappa shape index (κ3) is 4.46. The number of nitrogens with zero attached hydrogens (tertiary/aromatic N) is 2. The molecule has 12 heavy (non-hydrogen) atoms. The average Bonchev–Trinajstić information content (AvgIpc) is 2.07. The second-order valence-corrected chi connectivity index (χ2v) is 2.45. The number of rotatable bonds is 3. The molecule has 1 N–H and O–H groups in total. The number of nitrogens with one attached hydrogen (secondary N) is 1. The molecule has 0 bridgehead atoms. The molecule has 1 saturated heterocycles. The molecule has 1 heterocycles. The van der Waals surface area contributed by atoms with E-state index in [0.717, 1.165) is 32.8 Å². The summed E-state index contributed by atoms with van der Waals surface area (Å²) in [5, 5.41) is 6.56. The maximum absolute atomic E-state index is 6.56. The van der Waals surface area contributed by atoms with Crippen LogP contribution in [-0.4, -0.2) is 50.3 Å². The molecule has 1 aliphatic heterocycles. The summed E-state index contributed by atoms with van der Waals surface area (Å²) in [6, 6.07) is 2.02. The predicted molar refractivity (Wildman–Crippen MR) is 49.5 cm³/mol. The van der Waals surface area contributed by atoms with Crippen molar-refractivity contribution in [3.05, 3.63) is 0 Å². The zero-order chi connectivity index (χ0) is 7.94. The van der Waals surface area contributed by atoms with Gasteiger partial charge in [0, 0.05) is 19.6 Å². The van der Waals surface area contributed by atoms with Gasteiger partial charge in [-0.15, -0.1) is 12.4 Å². The zero-order valence-electron chi connectivity index (χ0n) is 6.95. The molecule has 0 spiro atoms. The van der Waals surface area contributed by atoms with Gasteiger partial charge in [-0.05, 0) is 0 Å². The van der Waals surface area contributed by atoms with E-state index < -0.39 is 0 Å². The van der Waals surface area contributed by atoms with Crippen LogP contribution in [0.2, 0.25) is 0 Å². The number of morpholine rings is 1. The lowest BCUT2D eigenvalue weighted by Gasteiger charge is -2.25. The van der Waals surface area contributed by atoms with Gasteiger partial charge in [0.1, 0.15) is 0 Å². The van der Waals surface area contributed by atoms with Crippen molar-refractivity contribution >= 4 is 18.4 Å². The van der Waals surface area contributed by atoms with Crippen LogP contribution in [0.5, 0.6) is 0 Å². The molecule has 4 nitrogen and oxygen atoms in total. The molecule has 1 aliphatic rings. The van der Waals surface area contributed by atoms with Gasteiger partial charge in [-0.3, -0.25) is 4.90 Å². The lowest BCUT2D eigenvalue weighted by Crippen LogP contribution is -2.37. The molecule has 0 unspecified atom stereocenters. The van der Waals surface area contributed by atoms with Crippen molar-refractivity contribution < 1.29 is 4.74 Å². The van der Waals surface area contributed by atoms with Crippen molar-refractivity contribution in [2.24, 2.45) is 4.99 Å². The van der Waals surface area contributed by atoms with Crippen molar-refractivity contribution in [2.45, 2.75) is 0 Å². The summed E-state index contributed by atoms with van der Waals surface area (Å²) < 4.78 is 5.18. The minimum Gasteiger partial charge on any atom is -0.379 e. The van der Waals surface area contributed by atoms with Crippen LogP contribution in [0.4, 0.5) is 0 Å². The van der Waals surface area contributed by atoms with E-state index in [1.165, 1.54) is 0 Å². The van der Waals surface area contributed by atoms with Crippen LogP contribution in [0.15, 0.2) is 4.99 Å². The van der Waals surface area contributed by atoms with Gasteiger partial charge in [0.2, 0.25) is 0 Å². The number of ether oxygens (including phenoxy) is 1. The van der Waals surface area contributed by atoms with Crippen LogP contribution in [0.1, 0.15) is 0 Å². The Morgan fingerprint density at radius 2 is 2.08 bits per heavy atom. The van der Waals surface area contributed by atoms with Gasteiger partial charge in [0.15, 0.2) is 0 Å². The minimum absolute atomic E-state index is 0. The Labute approximate surface area is 78.5 Å². The van der Waals surface area contributed by atoms with E-state index in [1.807, 2.05) is 6.01 Å². The van der Waals surface area contributed by atoms with Crippen molar-refractivity contribution in [1.82, 2.24) is 4.90 Å². The predicted octanol–water partition coefficient (Wildman–Crippen LogP) is 0.493. The van der Waals surface area contributed by atoms with Gasteiger partial charge >= 0.3 is 0 Å². The van der Waals surface area contributed by atoms with E-state index in [4.69, 9.17) is 10.1 Å². The smallest absolute Gasteiger partial charge is 0.0862 e. The van der Waals surface area contributed by atoms with Crippen LogP contribution >= 0.6 is 12.4 Å². The van der Waals surface area contributed by atoms with Crippen molar-refractivity contribution in [2.75, 3.05) is 39.4 Å². The lowest BCUT2D eigenvalue weighted by atomic mass is 10.4. The molecule has 0 saturated carbocycles. The van der Waals surface area contributed by atoms with E-state index in [1.54, 1.807) is 0 Å². The molecule has 0 amide bonds. The fourth-order valence-corrected chi connectivity index (χ4v) is 1.07. The Bertz CT molecular complexity index is 153. The van der Waals surface area contributed by atoms with Crippen molar-refractivity contribution in [1.29, 1.82) is 5.41 Å². The minimum atomic E-state index is 0. The highest BCUT2D eigenvalue weighted by Gasteiger charge is 2.08. The highest BCUT2D eigenvalue weighted by Crippen LogP contribution is 1.94. The van der Waals surface area contributed by atoms with Gasteiger partial charge in [-0.25, -0.2) is 10.4 Å². The van der Waals surface area contributed by atoms with Crippen LogP contribution in [-0.2, 0) is 4.74 Å². The van der Waals surface area contributed by atoms with Gasteiger partial charge < -0.3 is 4.74 Å². The zero-order valence-corrected chi connectivity index (χ0v) is 7.77. The normalized spacial score (nSPS) is 17.7. The number of aliphatic imine (C=N–C) groups is 1. The molecule has 1 rings (SSSR count). The standard InChI is InChI=1S/C7H13N3O.ClH/c8-7-9-1-2-10-3-5-11-6-4-10;/h8H,1-6H2;1H. The van der Waals surface area contributed by atoms with Gasteiger partial charge in [-0.1, -0.05) is 0 Å². The summed E-state index contributed by atoms with van der Waals surface area (Å²) in [5.74, 6) is 0. The van der Waals surface area contributed by atoms with Crippen LogP contribution < -0.4 is 0 Å². The fourth-order valence-electron chi connectivity index (χ4n) is 1.07. The topological polar surface area (TPSA) is 48.7 Å². The largest absolute Gasteiger partial charge is 0.379 e. The highest BCUT2D eigenvalue weighted by atomic mass is 35.5. The van der Waals surface area contributed by atoms with E-state index in [0.29, 0.717) is 6.54 Å². The third-order valence-corrected chi connectivity index (χ3v) is 1.71. The van der Waals surface area contributed by atoms with E-state index in [2.05, 4.69) is 9.89 Å². The van der Waals surface area contributed by atoms with E-state index in [9.17, 15) is 0 Å². The molecule has 0 aromatic carbocycles. The highest BCUT2D eigenvalue weighted by molar-refractivity contribution is 5.85. The Balaban J connectivity index is 0.00000121. The molecule has 0 atom stereocenters. The molecule has 5 heteroatoms. The summed E-state index contributed by atoms with van der Waals surface area (Å²) in [5.41, 5.74) is 0. The Kier molecular flexibility index (Phi) is 7.00. The first-order valence-electron chi connectivity index (χ1n) is 3.82. The van der Waals surface area contributed by atoms with E-state index in [-0.39, 0.29) is 12.4 Å². The summed E-state index contributed by atoms with van der Waals surface area (Å²) in [6.07, 6.45) is 0. The van der Waals surface area contributed by atoms with Crippen LogP contribution in [0, 0.1) is 5.41 Å². The number of halogens is 1.